The van der Waals surface area contributed by atoms with Crippen molar-refractivity contribution in [3.63, 3.8) is 0 Å². The highest BCUT2D eigenvalue weighted by Crippen LogP contribution is 2.42. The molecule has 0 spiro atoms. The average Bonchev–Trinajstić information content (AvgIpc) is 3.38. The lowest BCUT2D eigenvalue weighted by Gasteiger charge is -2.44. The van der Waals surface area contributed by atoms with Crippen LogP contribution in [-0.2, 0) is 25.7 Å². The van der Waals surface area contributed by atoms with E-state index in [1.807, 2.05) is 12.1 Å². The Bertz CT molecular complexity index is 1690. The van der Waals surface area contributed by atoms with Crippen LogP contribution in [0.25, 0.3) is 11.0 Å². The van der Waals surface area contributed by atoms with Crippen LogP contribution in [0.3, 0.4) is 0 Å². The molecule has 3 aromatic rings. The van der Waals surface area contributed by atoms with Crippen molar-refractivity contribution in [1.29, 1.82) is 0 Å². The largest absolute Gasteiger partial charge is 0.466 e. The fraction of sp³-hybridized carbons (Fsp3) is 0.457. The molecule has 2 aliphatic carbocycles. The van der Waals surface area contributed by atoms with Gasteiger partial charge in [-0.2, -0.15) is 0 Å². The predicted octanol–water partition coefficient (Wildman–Crippen LogP) is 4.48. The van der Waals surface area contributed by atoms with Crippen molar-refractivity contribution >= 4 is 40.3 Å². The zero-order valence-corrected chi connectivity index (χ0v) is 26.5. The first-order chi connectivity index (χ1) is 22.1. The van der Waals surface area contributed by atoms with Crippen molar-refractivity contribution in [1.82, 2.24) is 15.2 Å². The lowest BCUT2D eigenvalue weighted by molar-refractivity contribution is -0.134. The van der Waals surface area contributed by atoms with E-state index in [4.69, 9.17) is 4.42 Å². The van der Waals surface area contributed by atoms with Gasteiger partial charge in [-0.15, -0.1) is 0 Å². The molecule has 3 N–H and O–H groups in total. The van der Waals surface area contributed by atoms with Crippen LogP contribution in [0.2, 0.25) is 0 Å². The normalized spacial score (nSPS) is 21.5. The minimum absolute atomic E-state index is 0.0225. The van der Waals surface area contributed by atoms with Crippen molar-refractivity contribution in [3.8, 4) is 0 Å². The summed E-state index contributed by atoms with van der Waals surface area (Å²) in [6, 6.07) is 9.30. The Morgan fingerprint density at radius 2 is 1.91 bits per heavy atom. The quantitative estimate of drug-likeness (QED) is 0.209. The van der Waals surface area contributed by atoms with Crippen molar-refractivity contribution in [2.75, 3.05) is 12.4 Å². The number of nitrogens with zero attached hydrogens (tertiary/aromatic N) is 1. The average molecular weight is 631 g/mol. The monoisotopic (exact) mass is 630 g/mol. The molecule has 5 unspecified atom stereocenters. The Kier molecular flexibility index (Phi) is 10.4. The Morgan fingerprint density at radius 1 is 1.11 bits per heavy atom. The summed E-state index contributed by atoms with van der Waals surface area (Å²) in [6.07, 6.45) is 10.5. The molecule has 244 valence electrons. The smallest absolute Gasteiger partial charge is 0.330 e. The number of carbonyl (C=O) groups is 4. The molecule has 11 heteroatoms. The number of nitrogens with one attached hydrogen (secondary N) is 3. The minimum atomic E-state index is -1.08. The molecule has 2 heterocycles. The maximum absolute atomic E-state index is 13.5. The number of hydrogen-bond acceptors (Lipinski definition) is 7. The van der Waals surface area contributed by atoms with Gasteiger partial charge in [0.05, 0.1) is 7.11 Å². The van der Waals surface area contributed by atoms with Crippen LogP contribution in [0.15, 0.2) is 64.0 Å². The number of fused-ring (bicyclic) bond motifs is 3. The van der Waals surface area contributed by atoms with Crippen LogP contribution in [0.4, 0.5) is 5.69 Å². The summed E-state index contributed by atoms with van der Waals surface area (Å²) in [5.74, 6) is -0.337. The highest BCUT2D eigenvalue weighted by molar-refractivity contribution is 6.03. The molecule has 5 atom stereocenters. The summed E-state index contributed by atoms with van der Waals surface area (Å²) in [5, 5.41) is 9.33. The first-order valence-electron chi connectivity index (χ1n) is 16.0. The molecule has 2 fully saturated rings. The number of carbonyl (C=O) groups excluding carboxylic acids is 4. The molecule has 46 heavy (non-hydrogen) atoms. The van der Waals surface area contributed by atoms with Crippen LogP contribution in [0.1, 0.15) is 68.0 Å². The van der Waals surface area contributed by atoms with E-state index in [-0.39, 0.29) is 42.8 Å². The fourth-order valence-corrected chi connectivity index (χ4v) is 7.03. The molecular weight excluding hydrogens is 588 g/mol. The Hall–Kier alpha value is -4.67. The lowest BCUT2D eigenvalue weighted by atomic mass is 9.65. The van der Waals surface area contributed by atoms with Crippen molar-refractivity contribution in [2.45, 2.75) is 77.4 Å². The van der Waals surface area contributed by atoms with E-state index in [0.29, 0.717) is 23.0 Å². The molecule has 0 aliphatic heterocycles. The standard InChI is InChI=1S/C35H42N4O7/c1-21-18-23-10-8-11-24(19-23)31(21)38-29(40)20-39-17-9-14-27(35(39)44)37-33(42)26(13-5-7-16-30(41)45-3)36-34(43)32-22(2)25-12-4-6-15-28(25)46-32/h4,6-7,9,12,14-17,21,23-24,26,31H,5,8,10-11,13,18-20H2,1-3H3,(H,36,43)(H,37,42)(H,38,40)/b16-7+. The molecule has 2 saturated carbocycles. The number of allylic oxidation sites excluding steroid dienone is 1. The number of ether oxygens (including phenoxy) is 1. The number of hydrogen-bond donors (Lipinski definition) is 3. The second kappa shape index (κ2) is 14.6. The highest BCUT2D eigenvalue weighted by atomic mass is 16.5. The fourth-order valence-electron chi connectivity index (χ4n) is 7.03. The van der Waals surface area contributed by atoms with Crippen molar-refractivity contribution in [3.05, 3.63) is 76.4 Å². The number of para-hydroxylation sites is 1. The van der Waals surface area contributed by atoms with E-state index in [1.165, 1.54) is 42.9 Å². The van der Waals surface area contributed by atoms with E-state index in [9.17, 15) is 24.0 Å². The Labute approximate surface area is 267 Å². The van der Waals surface area contributed by atoms with E-state index in [0.717, 1.165) is 30.6 Å². The van der Waals surface area contributed by atoms with Gasteiger partial charge < -0.3 is 29.7 Å². The number of aryl methyl sites for hydroxylation is 1. The summed E-state index contributed by atoms with van der Waals surface area (Å²) in [7, 11) is 1.26. The number of benzene rings is 1. The number of esters is 1. The topological polar surface area (TPSA) is 149 Å². The molecule has 2 aromatic heterocycles. The van der Waals surface area contributed by atoms with Crippen molar-refractivity contribution in [2.24, 2.45) is 17.8 Å². The summed E-state index contributed by atoms with van der Waals surface area (Å²) in [6.45, 7) is 3.78. The van der Waals surface area contributed by atoms with Gasteiger partial charge in [-0.1, -0.05) is 44.0 Å². The van der Waals surface area contributed by atoms with Gasteiger partial charge >= 0.3 is 5.97 Å². The van der Waals surface area contributed by atoms with E-state index in [2.05, 4.69) is 27.6 Å². The van der Waals surface area contributed by atoms with Crippen LogP contribution < -0.4 is 21.5 Å². The molecule has 2 aliphatic rings. The number of amides is 3. The zero-order valence-electron chi connectivity index (χ0n) is 26.5. The molecule has 1 aromatic carbocycles. The van der Waals surface area contributed by atoms with E-state index in [1.54, 1.807) is 31.2 Å². The van der Waals surface area contributed by atoms with E-state index >= 15 is 0 Å². The molecular formula is C35H42N4O7. The number of furan rings is 1. The third-order valence-electron chi connectivity index (χ3n) is 9.32. The summed E-state index contributed by atoms with van der Waals surface area (Å²) in [4.78, 5) is 64.7. The number of methoxy groups -OCH3 is 1. The number of pyridine rings is 1. The first kappa shape index (κ1) is 32.7. The third kappa shape index (κ3) is 7.58. The van der Waals surface area contributed by atoms with Gasteiger partial charge in [0.15, 0.2) is 5.76 Å². The SMILES string of the molecule is COC(=O)/C=C/CCC(NC(=O)c1oc2ccccc2c1C)C(=O)Nc1cccn(CC(=O)NC2C(C)CC3CCCC2C3)c1=O. The van der Waals surface area contributed by atoms with E-state index < -0.39 is 29.4 Å². The second-order valence-electron chi connectivity index (χ2n) is 12.5. The number of anilines is 1. The van der Waals surface area contributed by atoms with Crippen LogP contribution in [-0.4, -0.2) is 47.5 Å². The number of aromatic nitrogens is 1. The van der Waals surface area contributed by atoms with Crippen LogP contribution in [0, 0.1) is 24.7 Å². The summed E-state index contributed by atoms with van der Waals surface area (Å²) >= 11 is 0. The van der Waals surface area contributed by atoms with Gasteiger partial charge in [0.2, 0.25) is 11.8 Å². The Balaban J connectivity index is 1.28. The third-order valence-corrected chi connectivity index (χ3v) is 9.32. The van der Waals surface area contributed by atoms with Gasteiger partial charge in [0, 0.05) is 29.3 Å². The highest BCUT2D eigenvalue weighted by Gasteiger charge is 2.38. The van der Waals surface area contributed by atoms with Crippen LogP contribution in [0.5, 0.6) is 0 Å². The predicted molar refractivity (Wildman–Crippen MR) is 173 cm³/mol. The molecule has 11 nitrogen and oxygen atoms in total. The van der Waals surface area contributed by atoms with Gasteiger partial charge in [0.25, 0.3) is 11.5 Å². The van der Waals surface area contributed by atoms with Crippen molar-refractivity contribution < 1.29 is 28.3 Å². The second-order valence-corrected chi connectivity index (χ2v) is 12.5. The maximum atomic E-state index is 13.5. The Morgan fingerprint density at radius 3 is 2.70 bits per heavy atom. The maximum Gasteiger partial charge on any atom is 0.330 e. The molecule has 5 rings (SSSR count). The first-order valence-corrected chi connectivity index (χ1v) is 16.0. The lowest BCUT2D eigenvalue weighted by Crippen LogP contribution is -2.50. The summed E-state index contributed by atoms with van der Waals surface area (Å²) < 4.78 is 11.7. The zero-order chi connectivity index (χ0) is 32.8. The summed E-state index contributed by atoms with van der Waals surface area (Å²) in [5.41, 5.74) is 0.616. The van der Waals surface area contributed by atoms with Gasteiger partial charge in [-0.3, -0.25) is 19.2 Å². The molecule has 0 radical (unpaired) electrons. The number of rotatable bonds is 11. The molecule has 3 amide bonds. The molecule has 2 bridgehead atoms. The van der Waals surface area contributed by atoms with Gasteiger partial charge in [-0.05, 0) is 75.0 Å². The van der Waals surface area contributed by atoms with Crippen LogP contribution >= 0.6 is 0 Å². The molecule has 0 saturated heterocycles. The minimum Gasteiger partial charge on any atom is -0.466 e. The van der Waals surface area contributed by atoms with Gasteiger partial charge in [-0.25, -0.2) is 4.79 Å². The van der Waals surface area contributed by atoms with Gasteiger partial charge in [0.1, 0.15) is 23.9 Å².